The van der Waals surface area contributed by atoms with Crippen LogP contribution in [0.3, 0.4) is 0 Å². The van der Waals surface area contributed by atoms with Crippen molar-refractivity contribution in [1.29, 1.82) is 0 Å². The van der Waals surface area contributed by atoms with Gasteiger partial charge in [0, 0.05) is 37.0 Å². The maximum atomic E-state index is 13.4. The molecule has 1 saturated heterocycles. The molecular formula is C30H35N3O4. The molecule has 2 bridgehead atoms. The number of nitrogens with zero attached hydrogens (tertiary/aromatic N) is 2. The number of anilines is 1. The SMILES string of the molecule is CN(C(=O)C=Cc1cccc(N)c1)[C@H]1CC[C@@]2(O)[C@H]3Cc4ccc(O)c5c4[C@@]2(CCN3CC2CC2)[C@H]1O5. The molecule has 7 rings (SSSR count). The number of aromatic hydroxyl groups is 1. The van der Waals surface area contributed by atoms with Crippen LogP contribution in [0.5, 0.6) is 11.5 Å². The molecule has 37 heavy (non-hydrogen) atoms. The van der Waals surface area contributed by atoms with Gasteiger partial charge in [-0.25, -0.2) is 0 Å². The normalized spacial score (nSPS) is 33.7. The molecule has 7 heteroatoms. The van der Waals surface area contributed by atoms with Crippen LogP contribution < -0.4 is 10.5 Å². The first-order valence-electron chi connectivity index (χ1n) is 13.6. The summed E-state index contributed by atoms with van der Waals surface area (Å²) in [5.41, 5.74) is 7.99. The standard InChI is InChI=1S/C30H35N3O4/c1-32(25(35)10-7-18-3-2-4-21(31)15-18)22-11-12-30(36)24-16-20-8-9-23(34)27-26(20)29(30,28(22)37-27)13-14-33(24)17-19-5-6-19/h2-4,7-10,15,19,22,24,28,34,36H,5-6,11-14,16-17,31H2,1H3/t22-,24+,28-,29-,30+/m0/s1. The quantitative estimate of drug-likeness (QED) is 0.430. The number of benzene rings is 2. The van der Waals surface area contributed by atoms with Crippen LogP contribution in [0, 0.1) is 5.92 Å². The zero-order valence-corrected chi connectivity index (χ0v) is 21.3. The predicted octanol–water partition coefficient (Wildman–Crippen LogP) is 3.08. The van der Waals surface area contributed by atoms with Crippen molar-refractivity contribution in [2.75, 3.05) is 25.9 Å². The van der Waals surface area contributed by atoms with E-state index in [2.05, 4.69) is 4.90 Å². The summed E-state index contributed by atoms with van der Waals surface area (Å²) in [7, 11) is 1.83. The smallest absolute Gasteiger partial charge is 0.246 e. The molecule has 7 nitrogen and oxygen atoms in total. The fraction of sp³-hybridized carbons (Fsp3) is 0.500. The first-order chi connectivity index (χ1) is 17.8. The monoisotopic (exact) mass is 501 g/mol. The van der Waals surface area contributed by atoms with Crippen LogP contribution in [0.4, 0.5) is 5.69 Å². The number of carbonyl (C=O) groups is 1. The van der Waals surface area contributed by atoms with Gasteiger partial charge in [0.15, 0.2) is 11.5 Å². The third-order valence-corrected chi connectivity index (χ3v) is 9.91. The van der Waals surface area contributed by atoms with Gasteiger partial charge in [-0.05, 0) is 86.4 Å². The van der Waals surface area contributed by atoms with Crippen LogP contribution in [-0.2, 0) is 16.6 Å². The van der Waals surface area contributed by atoms with Gasteiger partial charge in [-0.15, -0.1) is 0 Å². The van der Waals surface area contributed by atoms with Gasteiger partial charge in [0.05, 0.1) is 17.1 Å². The van der Waals surface area contributed by atoms with Crippen molar-refractivity contribution in [2.45, 2.75) is 67.7 Å². The molecule has 2 heterocycles. The van der Waals surface area contributed by atoms with Crippen molar-refractivity contribution in [3.8, 4) is 11.5 Å². The first kappa shape index (κ1) is 23.1. The average Bonchev–Trinajstić information content (AvgIpc) is 3.62. The third-order valence-electron chi connectivity index (χ3n) is 9.91. The molecule has 0 aromatic heterocycles. The van der Waals surface area contributed by atoms with E-state index in [9.17, 15) is 15.0 Å². The lowest BCUT2D eigenvalue weighted by atomic mass is 9.48. The van der Waals surface area contributed by atoms with Gasteiger partial charge < -0.3 is 25.6 Å². The van der Waals surface area contributed by atoms with Gasteiger partial charge in [-0.3, -0.25) is 9.69 Å². The summed E-state index contributed by atoms with van der Waals surface area (Å²) in [6, 6.07) is 11.0. The number of nitrogens with two attached hydrogens (primary N) is 1. The zero-order valence-electron chi connectivity index (χ0n) is 21.3. The Morgan fingerprint density at radius 1 is 1.24 bits per heavy atom. The van der Waals surface area contributed by atoms with Crippen molar-refractivity contribution in [2.24, 2.45) is 5.92 Å². The molecule has 4 N–H and O–H groups in total. The second-order valence-corrected chi connectivity index (χ2v) is 11.8. The van der Waals surface area contributed by atoms with E-state index in [1.807, 2.05) is 37.4 Å². The van der Waals surface area contributed by atoms with E-state index < -0.39 is 17.1 Å². The molecule has 1 spiro atoms. The fourth-order valence-electron chi connectivity index (χ4n) is 7.96. The summed E-state index contributed by atoms with van der Waals surface area (Å²) in [6.45, 7) is 1.95. The number of hydrogen-bond acceptors (Lipinski definition) is 6. The van der Waals surface area contributed by atoms with E-state index in [0.717, 1.165) is 43.0 Å². The average molecular weight is 502 g/mol. The second-order valence-electron chi connectivity index (χ2n) is 11.8. The Hall–Kier alpha value is -3.03. The summed E-state index contributed by atoms with van der Waals surface area (Å²) in [5.74, 6) is 1.27. The Bertz CT molecular complexity index is 1310. The summed E-state index contributed by atoms with van der Waals surface area (Å²) in [6.07, 6.45) is 8.31. The molecule has 3 fully saturated rings. The van der Waals surface area contributed by atoms with Crippen LogP contribution in [-0.4, -0.2) is 69.8 Å². The molecular weight excluding hydrogens is 466 g/mol. The molecule has 3 aliphatic carbocycles. The van der Waals surface area contributed by atoms with Gasteiger partial charge in [-0.2, -0.15) is 0 Å². The Labute approximate surface area is 217 Å². The number of ether oxygens (including phenoxy) is 1. The minimum Gasteiger partial charge on any atom is -0.504 e. The summed E-state index contributed by atoms with van der Waals surface area (Å²) in [5, 5.41) is 23.4. The summed E-state index contributed by atoms with van der Waals surface area (Å²) < 4.78 is 6.60. The number of carbonyl (C=O) groups excluding carboxylic acids is 1. The van der Waals surface area contributed by atoms with Gasteiger partial charge in [0.2, 0.25) is 5.91 Å². The van der Waals surface area contributed by atoms with Crippen LogP contribution in [0.2, 0.25) is 0 Å². The van der Waals surface area contributed by atoms with Crippen molar-refractivity contribution < 1.29 is 19.7 Å². The molecule has 2 aromatic rings. The minimum atomic E-state index is -0.950. The maximum Gasteiger partial charge on any atom is 0.246 e. The van der Waals surface area contributed by atoms with Gasteiger partial charge in [0.1, 0.15) is 6.10 Å². The molecule has 2 aromatic carbocycles. The first-order valence-corrected chi connectivity index (χ1v) is 13.6. The maximum absolute atomic E-state index is 13.4. The van der Waals surface area contributed by atoms with E-state index >= 15 is 0 Å². The molecule has 1 amide bonds. The van der Waals surface area contributed by atoms with E-state index in [0.29, 0.717) is 24.3 Å². The lowest BCUT2D eigenvalue weighted by Gasteiger charge is -2.64. The number of phenols is 1. The van der Waals surface area contributed by atoms with E-state index in [4.69, 9.17) is 10.5 Å². The highest BCUT2D eigenvalue weighted by molar-refractivity contribution is 5.92. The van der Waals surface area contributed by atoms with E-state index in [-0.39, 0.29) is 23.7 Å². The van der Waals surface area contributed by atoms with Crippen molar-refractivity contribution in [3.05, 3.63) is 59.2 Å². The number of amides is 1. The second kappa shape index (κ2) is 7.98. The Kier molecular flexibility index (Phi) is 4.99. The highest BCUT2D eigenvalue weighted by Crippen LogP contribution is 2.66. The third kappa shape index (κ3) is 3.23. The molecule has 0 unspecified atom stereocenters. The predicted molar refractivity (Wildman–Crippen MR) is 141 cm³/mol. The lowest BCUT2D eigenvalue weighted by molar-refractivity contribution is -0.200. The largest absolute Gasteiger partial charge is 0.504 e. The van der Waals surface area contributed by atoms with Crippen LogP contribution >= 0.6 is 0 Å². The van der Waals surface area contributed by atoms with Gasteiger partial charge >= 0.3 is 0 Å². The van der Waals surface area contributed by atoms with Crippen molar-refractivity contribution in [3.63, 3.8) is 0 Å². The minimum absolute atomic E-state index is 0.0290. The number of phenolic OH excluding ortho intramolecular Hbond substituents is 1. The molecule has 5 atom stereocenters. The summed E-state index contributed by atoms with van der Waals surface area (Å²) in [4.78, 5) is 17.6. The number of aliphatic hydroxyl groups is 1. The Balaban J connectivity index is 1.25. The number of likely N-dealkylation sites (tertiary alicyclic amines) is 1. The molecule has 0 radical (unpaired) electrons. The Morgan fingerprint density at radius 2 is 2.08 bits per heavy atom. The van der Waals surface area contributed by atoms with Gasteiger partial charge in [-0.1, -0.05) is 18.2 Å². The highest BCUT2D eigenvalue weighted by atomic mass is 16.5. The van der Waals surface area contributed by atoms with E-state index in [1.54, 1.807) is 23.1 Å². The topological polar surface area (TPSA) is 99.3 Å². The number of likely N-dealkylation sites (N-methyl/N-ethyl adjacent to an activating group) is 1. The van der Waals surface area contributed by atoms with Crippen LogP contribution in [0.15, 0.2) is 42.5 Å². The van der Waals surface area contributed by atoms with Crippen molar-refractivity contribution >= 4 is 17.7 Å². The lowest BCUT2D eigenvalue weighted by Crippen LogP contribution is -2.78. The number of hydrogen-bond donors (Lipinski definition) is 3. The number of piperidine rings is 1. The Morgan fingerprint density at radius 3 is 2.86 bits per heavy atom. The van der Waals surface area contributed by atoms with E-state index in [1.165, 1.54) is 18.4 Å². The number of rotatable bonds is 5. The fourth-order valence-corrected chi connectivity index (χ4v) is 7.96. The van der Waals surface area contributed by atoms with Crippen LogP contribution in [0.25, 0.3) is 6.08 Å². The zero-order chi connectivity index (χ0) is 25.5. The van der Waals surface area contributed by atoms with Crippen molar-refractivity contribution in [1.82, 2.24) is 9.80 Å². The molecule has 194 valence electrons. The summed E-state index contributed by atoms with van der Waals surface area (Å²) >= 11 is 0. The molecule has 2 saturated carbocycles. The highest BCUT2D eigenvalue weighted by Gasteiger charge is 2.73. The molecule has 2 aliphatic heterocycles. The van der Waals surface area contributed by atoms with Crippen LogP contribution in [0.1, 0.15) is 48.8 Å². The van der Waals surface area contributed by atoms with Gasteiger partial charge in [0.25, 0.3) is 0 Å². The number of nitrogen functional groups attached to an aromatic ring is 1. The molecule has 5 aliphatic rings.